The van der Waals surface area contributed by atoms with Gasteiger partial charge in [-0.3, -0.25) is 4.90 Å². The van der Waals surface area contributed by atoms with Gasteiger partial charge in [-0.25, -0.2) is 9.97 Å². The molecular weight excluding hydrogens is 282 g/mol. The Labute approximate surface area is 129 Å². The first-order valence-electron chi connectivity index (χ1n) is 7.53. The summed E-state index contributed by atoms with van der Waals surface area (Å²) in [7, 11) is 0. The minimum atomic E-state index is 0.781. The Morgan fingerprint density at radius 1 is 1.27 bits per heavy atom. The highest BCUT2D eigenvalue weighted by atomic mass is 16.5. The van der Waals surface area contributed by atoms with Crippen molar-refractivity contribution in [2.24, 2.45) is 0 Å². The standard InChI is InChI=1S/C15H21N5O2/c1-11-14(12(2)22-19-11)13-9-16-10-18-15(13)17-3-4-20-5-7-21-8-6-20/h9-10H,3-8H2,1-2H3,(H,16,17,18). The molecule has 7 nitrogen and oxygen atoms in total. The molecule has 1 aliphatic rings. The number of anilines is 1. The lowest BCUT2D eigenvalue weighted by atomic mass is 10.1. The van der Waals surface area contributed by atoms with E-state index in [1.54, 1.807) is 12.5 Å². The van der Waals surface area contributed by atoms with Crippen molar-refractivity contribution < 1.29 is 9.26 Å². The molecule has 1 fully saturated rings. The van der Waals surface area contributed by atoms with Gasteiger partial charge >= 0.3 is 0 Å². The first kappa shape index (κ1) is 14.9. The largest absolute Gasteiger partial charge is 0.379 e. The highest BCUT2D eigenvalue weighted by Crippen LogP contribution is 2.30. The number of aryl methyl sites for hydroxylation is 2. The average molecular weight is 303 g/mol. The van der Waals surface area contributed by atoms with E-state index in [1.807, 2.05) is 13.8 Å². The Hall–Kier alpha value is -1.99. The normalized spacial score (nSPS) is 15.9. The van der Waals surface area contributed by atoms with Crippen LogP contribution in [0.15, 0.2) is 17.0 Å². The van der Waals surface area contributed by atoms with E-state index in [0.29, 0.717) is 0 Å². The van der Waals surface area contributed by atoms with E-state index in [0.717, 1.165) is 67.8 Å². The van der Waals surface area contributed by atoms with Crippen LogP contribution < -0.4 is 5.32 Å². The molecule has 0 aliphatic carbocycles. The molecule has 0 spiro atoms. The van der Waals surface area contributed by atoms with E-state index in [9.17, 15) is 0 Å². The zero-order valence-corrected chi connectivity index (χ0v) is 13.0. The predicted octanol–water partition coefficient (Wildman–Crippen LogP) is 1.49. The molecule has 3 heterocycles. The molecule has 0 unspecified atom stereocenters. The number of aromatic nitrogens is 3. The van der Waals surface area contributed by atoms with E-state index < -0.39 is 0 Å². The van der Waals surface area contributed by atoms with E-state index in [2.05, 4.69) is 25.3 Å². The Kier molecular flexibility index (Phi) is 4.65. The zero-order valence-electron chi connectivity index (χ0n) is 13.0. The third-order valence-corrected chi connectivity index (χ3v) is 3.84. The summed E-state index contributed by atoms with van der Waals surface area (Å²) in [5.74, 6) is 1.60. The maximum Gasteiger partial charge on any atom is 0.141 e. The molecule has 22 heavy (non-hydrogen) atoms. The van der Waals surface area contributed by atoms with Crippen LogP contribution in [0.4, 0.5) is 5.82 Å². The van der Waals surface area contributed by atoms with Gasteiger partial charge in [-0.15, -0.1) is 0 Å². The van der Waals surface area contributed by atoms with Crippen LogP contribution in [0.3, 0.4) is 0 Å². The van der Waals surface area contributed by atoms with Gasteiger partial charge in [0.05, 0.1) is 24.5 Å². The molecule has 0 amide bonds. The van der Waals surface area contributed by atoms with Gasteiger partial charge in [0.2, 0.25) is 0 Å². The topological polar surface area (TPSA) is 76.3 Å². The third kappa shape index (κ3) is 3.26. The van der Waals surface area contributed by atoms with Gasteiger partial charge in [0.15, 0.2) is 0 Å². The van der Waals surface area contributed by atoms with Crippen molar-refractivity contribution in [3.8, 4) is 11.1 Å². The molecule has 1 N–H and O–H groups in total. The lowest BCUT2D eigenvalue weighted by Gasteiger charge is -2.26. The molecule has 2 aromatic heterocycles. The van der Waals surface area contributed by atoms with Crippen LogP contribution in [-0.2, 0) is 4.74 Å². The van der Waals surface area contributed by atoms with Crippen molar-refractivity contribution in [3.63, 3.8) is 0 Å². The minimum Gasteiger partial charge on any atom is -0.379 e. The van der Waals surface area contributed by atoms with Crippen molar-refractivity contribution in [2.75, 3.05) is 44.7 Å². The summed E-state index contributed by atoms with van der Waals surface area (Å²) in [6.07, 6.45) is 3.36. The highest BCUT2D eigenvalue weighted by Gasteiger charge is 2.16. The molecule has 0 saturated carbocycles. The van der Waals surface area contributed by atoms with Crippen LogP contribution in [0.25, 0.3) is 11.1 Å². The van der Waals surface area contributed by atoms with Gasteiger partial charge in [-0.2, -0.15) is 0 Å². The van der Waals surface area contributed by atoms with Crippen molar-refractivity contribution in [2.45, 2.75) is 13.8 Å². The molecule has 1 aliphatic heterocycles. The molecule has 0 aromatic carbocycles. The smallest absolute Gasteiger partial charge is 0.141 e. The summed E-state index contributed by atoms with van der Waals surface area (Å²) < 4.78 is 10.6. The molecule has 7 heteroatoms. The number of ether oxygens (including phenoxy) is 1. The summed E-state index contributed by atoms with van der Waals surface area (Å²) >= 11 is 0. The Morgan fingerprint density at radius 3 is 2.82 bits per heavy atom. The van der Waals surface area contributed by atoms with Crippen LogP contribution in [-0.4, -0.2) is 59.4 Å². The third-order valence-electron chi connectivity index (χ3n) is 3.84. The summed E-state index contributed by atoms with van der Waals surface area (Å²) in [5.41, 5.74) is 2.75. The molecule has 3 rings (SSSR count). The number of morpholine rings is 1. The van der Waals surface area contributed by atoms with Gasteiger partial charge < -0.3 is 14.6 Å². The fourth-order valence-electron chi connectivity index (χ4n) is 2.68. The number of hydrogen-bond acceptors (Lipinski definition) is 7. The van der Waals surface area contributed by atoms with Gasteiger partial charge in [-0.05, 0) is 13.8 Å². The second kappa shape index (κ2) is 6.85. The predicted molar refractivity (Wildman–Crippen MR) is 82.8 cm³/mol. The van der Waals surface area contributed by atoms with Crippen LogP contribution in [0.2, 0.25) is 0 Å². The summed E-state index contributed by atoms with van der Waals surface area (Å²) in [6, 6.07) is 0. The molecule has 0 atom stereocenters. The summed E-state index contributed by atoms with van der Waals surface area (Å²) in [5, 5.41) is 7.41. The van der Waals surface area contributed by atoms with Crippen molar-refractivity contribution in [1.29, 1.82) is 0 Å². The van der Waals surface area contributed by atoms with Crippen molar-refractivity contribution in [3.05, 3.63) is 24.0 Å². The van der Waals surface area contributed by atoms with Crippen LogP contribution >= 0.6 is 0 Å². The highest BCUT2D eigenvalue weighted by molar-refractivity contribution is 5.76. The molecule has 118 valence electrons. The summed E-state index contributed by atoms with van der Waals surface area (Å²) in [4.78, 5) is 10.9. The fraction of sp³-hybridized carbons (Fsp3) is 0.533. The van der Waals surface area contributed by atoms with Crippen molar-refractivity contribution >= 4 is 5.82 Å². The lowest BCUT2D eigenvalue weighted by molar-refractivity contribution is 0.0398. The van der Waals surface area contributed by atoms with E-state index in [-0.39, 0.29) is 0 Å². The van der Waals surface area contributed by atoms with Gasteiger partial charge in [-0.1, -0.05) is 5.16 Å². The van der Waals surface area contributed by atoms with Gasteiger partial charge in [0, 0.05) is 37.9 Å². The van der Waals surface area contributed by atoms with Crippen molar-refractivity contribution in [1.82, 2.24) is 20.0 Å². The molecule has 1 saturated heterocycles. The second-order valence-electron chi connectivity index (χ2n) is 5.36. The number of nitrogens with zero attached hydrogens (tertiary/aromatic N) is 4. The monoisotopic (exact) mass is 303 g/mol. The lowest BCUT2D eigenvalue weighted by Crippen LogP contribution is -2.39. The maximum atomic E-state index is 5.36. The van der Waals surface area contributed by atoms with E-state index >= 15 is 0 Å². The van der Waals surface area contributed by atoms with E-state index in [4.69, 9.17) is 9.26 Å². The van der Waals surface area contributed by atoms with Gasteiger partial charge in [0.1, 0.15) is 17.9 Å². The number of nitrogens with one attached hydrogen (secondary N) is 1. The minimum absolute atomic E-state index is 0.781. The van der Waals surface area contributed by atoms with Crippen LogP contribution in [0, 0.1) is 13.8 Å². The van der Waals surface area contributed by atoms with Crippen LogP contribution in [0.1, 0.15) is 11.5 Å². The Bertz CT molecular complexity index is 603. The molecule has 2 aromatic rings. The first-order chi connectivity index (χ1) is 10.8. The number of hydrogen-bond donors (Lipinski definition) is 1. The summed E-state index contributed by atoms with van der Waals surface area (Å²) in [6.45, 7) is 9.23. The quantitative estimate of drug-likeness (QED) is 0.896. The number of rotatable bonds is 5. The average Bonchev–Trinajstić information content (AvgIpc) is 2.88. The second-order valence-corrected chi connectivity index (χ2v) is 5.36. The molecule has 0 radical (unpaired) electrons. The molecular formula is C15H21N5O2. The van der Waals surface area contributed by atoms with Crippen LogP contribution in [0.5, 0.6) is 0 Å². The van der Waals surface area contributed by atoms with Gasteiger partial charge in [0.25, 0.3) is 0 Å². The first-order valence-corrected chi connectivity index (χ1v) is 7.53. The fourth-order valence-corrected chi connectivity index (χ4v) is 2.68. The Morgan fingerprint density at radius 2 is 2.09 bits per heavy atom. The molecule has 0 bridgehead atoms. The zero-order chi connectivity index (χ0) is 15.4. The van der Waals surface area contributed by atoms with E-state index in [1.165, 1.54) is 0 Å². The SMILES string of the molecule is Cc1noc(C)c1-c1cncnc1NCCN1CCOCC1. The maximum absolute atomic E-state index is 5.36. The Balaban J connectivity index is 1.69.